The molecule has 1 aliphatic rings. The lowest BCUT2D eigenvalue weighted by atomic mass is 10.0. The molecule has 1 aliphatic heterocycles. The van der Waals surface area contributed by atoms with Gasteiger partial charge in [-0.15, -0.1) is 0 Å². The van der Waals surface area contributed by atoms with Gasteiger partial charge in [0.15, 0.2) is 0 Å². The van der Waals surface area contributed by atoms with Crippen molar-refractivity contribution >= 4 is 33.0 Å². The van der Waals surface area contributed by atoms with Crippen LogP contribution in [0.1, 0.15) is 12.0 Å². The van der Waals surface area contributed by atoms with Gasteiger partial charge >= 0.3 is 0 Å². The van der Waals surface area contributed by atoms with Crippen LogP contribution < -0.4 is 9.21 Å². The Kier molecular flexibility index (Phi) is 5.13. The fourth-order valence-electron chi connectivity index (χ4n) is 3.16. The maximum absolute atomic E-state index is 12.9. The molecule has 1 heterocycles. The fraction of sp³-hybridized carbons (Fsp3) is 0.278. The number of hydrogen-bond donors (Lipinski definition) is 0. The zero-order valence-electron chi connectivity index (χ0n) is 14.7. The monoisotopic (exact) mass is 389 g/mol. The average molecular weight is 389 g/mol. The van der Waals surface area contributed by atoms with Gasteiger partial charge in [-0.1, -0.05) is 24.3 Å². The van der Waals surface area contributed by atoms with Gasteiger partial charge < -0.3 is 4.90 Å². The highest BCUT2D eigenvalue weighted by molar-refractivity contribution is 7.92. The molecule has 0 saturated heterocycles. The highest BCUT2D eigenvalue weighted by atomic mass is 32.2. The number of hydrogen-bond acceptors (Lipinski definition) is 5. The number of fused-ring (bicyclic) bond motifs is 1. The van der Waals surface area contributed by atoms with Crippen molar-refractivity contribution in [3.05, 3.63) is 64.2 Å². The molecule has 142 valence electrons. The lowest BCUT2D eigenvalue weighted by Crippen LogP contribution is -2.44. The SMILES string of the molecule is CS(=O)(=O)N(CC(=O)N1CCCc2ccccc21)c1cccc([N+](=O)[O-])c1. The van der Waals surface area contributed by atoms with Gasteiger partial charge in [0.05, 0.1) is 16.9 Å². The Bertz CT molecular complexity index is 990. The Hall–Kier alpha value is -2.94. The molecule has 0 N–H and O–H groups in total. The summed E-state index contributed by atoms with van der Waals surface area (Å²) in [5, 5.41) is 11.0. The molecule has 0 atom stereocenters. The second-order valence-corrected chi connectivity index (χ2v) is 8.23. The molecule has 0 saturated carbocycles. The summed E-state index contributed by atoms with van der Waals surface area (Å²) in [5.41, 5.74) is 1.67. The van der Waals surface area contributed by atoms with Crippen molar-refractivity contribution < 1.29 is 18.1 Å². The van der Waals surface area contributed by atoms with Crippen molar-refractivity contribution in [2.24, 2.45) is 0 Å². The number of rotatable bonds is 5. The Labute approximate surface area is 157 Å². The van der Waals surface area contributed by atoms with E-state index in [1.165, 1.54) is 18.2 Å². The van der Waals surface area contributed by atoms with Gasteiger partial charge in [-0.25, -0.2) is 8.42 Å². The van der Waals surface area contributed by atoms with Gasteiger partial charge in [0.2, 0.25) is 15.9 Å². The van der Waals surface area contributed by atoms with Crippen LogP contribution in [0.4, 0.5) is 17.1 Å². The molecule has 0 unspecified atom stereocenters. The van der Waals surface area contributed by atoms with E-state index in [-0.39, 0.29) is 17.3 Å². The maximum atomic E-state index is 12.9. The first-order valence-electron chi connectivity index (χ1n) is 8.38. The molecular weight excluding hydrogens is 370 g/mol. The molecule has 0 aromatic heterocycles. The lowest BCUT2D eigenvalue weighted by molar-refractivity contribution is -0.384. The number of aryl methyl sites for hydroxylation is 1. The number of nitro benzene ring substituents is 1. The molecular formula is C18H19N3O5S. The Morgan fingerprint density at radius 1 is 1.22 bits per heavy atom. The van der Waals surface area contributed by atoms with Crippen molar-refractivity contribution in [1.29, 1.82) is 0 Å². The van der Waals surface area contributed by atoms with E-state index in [2.05, 4.69) is 0 Å². The predicted molar refractivity (Wildman–Crippen MR) is 102 cm³/mol. The summed E-state index contributed by atoms with van der Waals surface area (Å²) < 4.78 is 25.4. The van der Waals surface area contributed by atoms with Crippen LogP contribution in [0.5, 0.6) is 0 Å². The summed E-state index contributed by atoms with van der Waals surface area (Å²) in [4.78, 5) is 24.9. The van der Waals surface area contributed by atoms with Crippen LogP contribution in [0.2, 0.25) is 0 Å². The zero-order chi connectivity index (χ0) is 19.6. The third-order valence-corrected chi connectivity index (χ3v) is 5.56. The lowest BCUT2D eigenvalue weighted by Gasteiger charge is -2.31. The fourth-order valence-corrected chi connectivity index (χ4v) is 4.00. The summed E-state index contributed by atoms with van der Waals surface area (Å²) in [5.74, 6) is -0.376. The molecule has 0 aliphatic carbocycles. The van der Waals surface area contributed by atoms with E-state index in [4.69, 9.17) is 0 Å². The number of anilines is 2. The first-order valence-corrected chi connectivity index (χ1v) is 10.2. The van der Waals surface area contributed by atoms with E-state index < -0.39 is 21.5 Å². The minimum Gasteiger partial charge on any atom is -0.311 e. The van der Waals surface area contributed by atoms with E-state index in [9.17, 15) is 23.3 Å². The van der Waals surface area contributed by atoms with Crippen molar-refractivity contribution in [1.82, 2.24) is 0 Å². The second kappa shape index (κ2) is 7.36. The number of sulfonamides is 1. The van der Waals surface area contributed by atoms with Crippen molar-refractivity contribution in [2.45, 2.75) is 12.8 Å². The largest absolute Gasteiger partial charge is 0.311 e. The highest BCUT2D eigenvalue weighted by Crippen LogP contribution is 2.28. The van der Waals surface area contributed by atoms with Gasteiger partial charge in [-0.3, -0.25) is 19.2 Å². The van der Waals surface area contributed by atoms with Gasteiger partial charge in [0.25, 0.3) is 5.69 Å². The molecule has 8 nitrogen and oxygen atoms in total. The number of carbonyl (C=O) groups is 1. The normalized spacial score (nSPS) is 13.7. The number of para-hydroxylation sites is 1. The van der Waals surface area contributed by atoms with E-state index in [1.807, 2.05) is 24.3 Å². The van der Waals surface area contributed by atoms with Crippen molar-refractivity contribution in [2.75, 3.05) is 28.6 Å². The summed E-state index contributed by atoms with van der Waals surface area (Å²) >= 11 is 0. The van der Waals surface area contributed by atoms with Crippen molar-refractivity contribution in [3.63, 3.8) is 0 Å². The molecule has 9 heteroatoms. The minimum atomic E-state index is -3.81. The molecule has 3 rings (SSSR count). The van der Waals surface area contributed by atoms with Gasteiger partial charge in [-0.2, -0.15) is 0 Å². The van der Waals surface area contributed by atoms with E-state index in [1.54, 1.807) is 4.90 Å². The summed E-state index contributed by atoms with van der Waals surface area (Å²) in [6, 6.07) is 12.8. The van der Waals surface area contributed by atoms with Crippen LogP contribution >= 0.6 is 0 Å². The zero-order valence-corrected chi connectivity index (χ0v) is 15.6. The number of nitro groups is 1. The van der Waals surface area contributed by atoms with Crippen LogP contribution in [0, 0.1) is 10.1 Å². The van der Waals surface area contributed by atoms with Crippen LogP contribution in [-0.4, -0.2) is 38.6 Å². The quantitative estimate of drug-likeness (QED) is 0.577. The van der Waals surface area contributed by atoms with Gasteiger partial charge in [0.1, 0.15) is 6.54 Å². The average Bonchev–Trinajstić information content (AvgIpc) is 2.64. The Morgan fingerprint density at radius 3 is 2.67 bits per heavy atom. The number of non-ortho nitro benzene ring substituents is 1. The molecule has 0 spiro atoms. The van der Waals surface area contributed by atoms with E-state index in [0.717, 1.165) is 40.7 Å². The summed E-state index contributed by atoms with van der Waals surface area (Å²) in [6.07, 6.45) is 2.63. The molecule has 0 fully saturated rings. The van der Waals surface area contributed by atoms with Crippen LogP contribution in [0.25, 0.3) is 0 Å². The molecule has 0 radical (unpaired) electrons. The molecule has 0 bridgehead atoms. The Balaban J connectivity index is 1.92. The van der Waals surface area contributed by atoms with Crippen molar-refractivity contribution in [3.8, 4) is 0 Å². The Morgan fingerprint density at radius 2 is 1.96 bits per heavy atom. The minimum absolute atomic E-state index is 0.0883. The smallest absolute Gasteiger partial charge is 0.271 e. The van der Waals surface area contributed by atoms with E-state index >= 15 is 0 Å². The molecule has 1 amide bonds. The number of carbonyl (C=O) groups excluding carboxylic acids is 1. The van der Waals surface area contributed by atoms with E-state index in [0.29, 0.717) is 6.54 Å². The topological polar surface area (TPSA) is 101 Å². The third-order valence-electron chi connectivity index (χ3n) is 4.42. The number of benzene rings is 2. The number of amides is 1. The standard InChI is InChI=1S/C18H19N3O5S/c1-27(25,26)20(15-8-4-9-16(12-15)21(23)24)13-18(22)19-11-5-7-14-6-2-3-10-17(14)19/h2-4,6,8-10,12H,5,7,11,13H2,1H3. The van der Waals surface area contributed by atoms with Crippen LogP contribution in [0.15, 0.2) is 48.5 Å². The third kappa shape index (κ3) is 4.08. The summed E-state index contributed by atoms with van der Waals surface area (Å²) in [7, 11) is -3.81. The first-order chi connectivity index (χ1) is 12.8. The maximum Gasteiger partial charge on any atom is 0.271 e. The summed E-state index contributed by atoms with van der Waals surface area (Å²) in [6.45, 7) is 0.0801. The molecule has 2 aromatic carbocycles. The number of nitrogens with zero attached hydrogens (tertiary/aromatic N) is 3. The van der Waals surface area contributed by atoms with Gasteiger partial charge in [-0.05, 0) is 30.5 Å². The second-order valence-electron chi connectivity index (χ2n) is 6.32. The highest BCUT2D eigenvalue weighted by Gasteiger charge is 2.28. The van der Waals surface area contributed by atoms with Gasteiger partial charge in [0, 0.05) is 24.4 Å². The predicted octanol–water partition coefficient (Wildman–Crippen LogP) is 2.34. The first kappa shape index (κ1) is 18.8. The van der Waals surface area contributed by atoms with Crippen LogP contribution in [0.3, 0.4) is 0 Å². The molecule has 2 aromatic rings. The molecule has 27 heavy (non-hydrogen) atoms. The van der Waals surface area contributed by atoms with Crippen LogP contribution in [-0.2, 0) is 21.2 Å².